The van der Waals surface area contributed by atoms with Gasteiger partial charge in [0, 0.05) is 20.1 Å². The lowest BCUT2D eigenvalue weighted by Crippen LogP contribution is -2.61. The standard InChI is InChI=1S/C11H20N2O5/c1-10(2,6-14)13(3)9(17)12-11(8(15)16)4-5-18-7-11/h14H,4-7H2,1-3H3,(H,12,17)(H,15,16). The lowest BCUT2D eigenvalue weighted by atomic mass is 9.99. The lowest BCUT2D eigenvalue weighted by Gasteiger charge is -2.36. The van der Waals surface area contributed by atoms with Gasteiger partial charge in [0.1, 0.15) is 0 Å². The minimum absolute atomic E-state index is 0.0402. The second-order valence-corrected chi connectivity index (χ2v) is 5.15. The summed E-state index contributed by atoms with van der Waals surface area (Å²) in [7, 11) is 1.51. The normalized spacial score (nSPS) is 23.8. The van der Waals surface area contributed by atoms with Crippen LogP contribution in [0.5, 0.6) is 0 Å². The molecule has 7 nitrogen and oxygen atoms in total. The van der Waals surface area contributed by atoms with Gasteiger partial charge in [0.25, 0.3) is 0 Å². The van der Waals surface area contributed by atoms with Crippen LogP contribution in [0.25, 0.3) is 0 Å². The monoisotopic (exact) mass is 260 g/mol. The van der Waals surface area contributed by atoms with Gasteiger partial charge in [0.2, 0.25) is 0 Å². The van der Waals surface area contributed by atoms with Gasteiger partial charge < -0.3 is 25.2 Å². The van der Waals surface area contributed by atoms with Gasteiger partial charge in [0.15, 0.2) is 5.54 Å². The first kappa shape index (κ1) is 14.7. The third-order valence-corrected chi connectivity index (χ3v) is 3.38. The summed E-state index contributed by atoms with van der Waals surface area (Å²) >= 11 is 0. The van der Waals surface area contributed by atoms with Gasteiger partial charge in [-0.2, -0.15) is 0 Å². The van der Waals surface area contributed by atoms with Crippen LogP contribution in [0.15, 0.2) is 0 Å². The topological polar surface area (TPSA) is 99.1 Å². The van der Waals surface area contributed by atoms with E-state index in [4.69, 9.17) is 4.74 Å². The number of carboxylic acid groups (broad SMARTS) is 1. The highest BCUT2D eigenvalue weighted by atomic mass is 16.5. The molecule has 7 heteroatoms. The molecule has 0 aromatic rings. The van der Waals surface area contributed by atoms with Crippen LogP contribution in [-0.2, 0) is 9.53 Å². The summed E-state index contributed by atoms with van der Waals surface area (Å²) in [6, 6.07) is -0.540. The minimum Gasteiger partial charge on any atom is -0.479 e. The second kappa shape index (κ2) is 5.11. The average molecular weight is 260 g/mol. The molecule has 104 valence electrons. The zero-order chi connectivity index (χ0) is 14.0. The number of carbonyl (C=O) groups is 2. The van der Waals surface area contributed by atoms with Crippen LogP contribution in [0.3, 0.4) is 0 Å². The molecule has 1 atom stereocenters. The zero-order valence-corrected chi connectivity index (χ0v) is 10.9. The Balaban J connectivity index is 2.77. The van der Waals surface area contributed by atoms with Crippen LogP contribution < -0.4 is 5.32 Å². The maximum absolute atomic E-state index is 12.0. The highest BCUT2D eigenvalue weighted by molar-refractivity contribution is 5.87. The van der Waals surface area contributed by atoms with Crippen molar-refractivity contribution in [1.82, 2.24) is 10.2 Å². The molecule has 1 rings (SSSR count). The van der Waals surface area contributed by atoms with E-state index in [1.807, 2.05) is 0 Å². The van der Waals surface area contributed by atoms with Crippen molar-refractivity contribution in [3.63, 3.8) is 0 Å². The smallest absolute Gasteiger partial charge is 0.332 e. The molecule has 0 spiro atoms. The Bertz CT molecular complexity index is 336. The van der Waals surface area contributed by atoms with E-state index in [2.05, 4.69) is 5.32 Å². The summed E-state index contributed by atoms with van der Waals surface area (Å²) in [5, 5.41) is 20.9. The van der Waals surface area contributed by atoms with E-state index < -0.39 is 23.1 Å². The SMILES string of the molecule is CN(C(=O)NC1(C(=O)O)CCOC1)C(C)(C)CO. The molecule has 1 aliphatic heterocycles. The van der Waals surface area contributed by atoms with Gasteiger partial charge in [-0.25, -0.2) is 9.59 Å². The predicted octanol–water partition coefficient (Wildman–Crippen LogP) is -0.358. The fourth-order valence-corrected chi connectivity index (χ4v) is 1.56. The molecule has 0 aromatic carbocycles. The van der Waals surface area contributed by atoms with Crippen LogP contribution in [0, 0.1) is 0 Å². The summed E-state index contributed by atoms with van der Waals surface area (Å²) in [6.07, 6.45) is 0.238. The molecule has 2 amide bonds. The first-order valence-corrected chi connectivity index (χ1v) is 5.73. The summed E-state index contributed by atoms with van der Waals surface area (Å²) in [6.45, 7) is 3.42. The van der Waals surface area contributed by atoms with E-state index in [9.17, 15) is 19.8 Å². The molecule has 0 radical (unpaired) electrons. The van der Waals surface area contributed by atoms with E-state index >= 15 is 0 Å². The first-order valence-electron chi connectivity index (χ1n) is 5.73. The number of nitrogens with one attached hydrogen (secondary N) is 1. The summed E-state index contributed by atoms with van der Waals surface area (Å²) in [5.41, 5.74) is -2.12. The van der Waals surface area contributed by atoms with Crippen molar-refractivity contribution in [3.05, 3.63) is 0 Å². The fraction of sp³-hybridized carbons (Fsp3) is 0.818. The maximum Gasteiger partial charge on any atom is 0.332 e. The molecule has 1 saturated heterocycles. The molecule has 1 unspecified atom stereocenters. The Labute approximate surface area is 106 Å². The Kier molecular flexibility index (Phi) is 4.18. The van der Waals surface area contributed by atoms with Crippen molar-refractivity contribution in [2.45, 2.75) is 31.3 Å². The quantitative estimate of drug-likeness (QED) is 0.641. The third-order valence-electron chi connectivity index (χ3n) is 3.38. The van der Waals surface area contributed by atoms with Crippen LogP contribution in [0.1, 0.15) is 20.3 Å². The van der Waals surface area contributed by atoms with Crippen molar-refractivity contribution in [2.24, 2.45) is 0 Å². The van der Waals surface area contributed by atoms with Crippen LogP contribution in [0.2, 0.25) is 0 Å². The molecule has 0 bridgehead atoms. The van der Waals surface area contributed by atoms with Crippen molar-refractivity contribution in [2.75, 3.05) is 26.9 Å². The van der Waals surface area contributed by atoms with E-state index in [0.717, 1.165) is 0 Å². The number of likely N-dealkylation sites (N-methyl/N-ethyl adjacent to an activating group) is 1. The predicted molar refractivity (Wildman–Crippen MR) is 63.3 cm³/mol. The molecular weight excluding hydrogens is 240 g/mol. The molecule has 1 aliphatic rings. The average Bonchev–Trinajstić information content (AvgIpc) is 2.77. The largest absolute Gasteiger partial charge is 0.479 e. The van der Waals surface area contributed by atoms with E-state index in [0.29, 0.717) is 6.61 Å². The van der Waals surface area contributed by atoms with Gasteiger partial charge >= 0.3 is 12.0 Å². The number of rotatable bonds is 4. The number of aliphatic hydroxyl groups excluding tert-OH is 1. The number of nitrogens with zero attached hydrogens (tertiary/aromatic N) is 1. The van der Waals surface area contributed by atoms with Gasteiger partial charge in [-0.1, -0.05) is 0 Å². The number of carboxylic acids is 1. The van der Waals surface area contributed by atoms with E-state index in [1.54, 1.807) is 13.8 Å². The summed E-state index contributed by atoms with van der Waals surface area (Å²) < 4.78 is 5.05. The molecule has 0 saturated carbocycles. The van der Waals surface area contributed by atoms with Crippen molar-refractivity contribution >= 4 is 12.0 Å². The van der Waals surface area contributed by atoms with Gasteiger partial charge in [-0.05, 0) is 13.8 Å². The molecular formula is C11H20N2O5. The second-order valence-electron chi connectivity index (χ2n) is 5.15. The molecule has 1 fully saturated rings. The molecule has 1 heterocycles. The lowest BCUT2D eigenvalue weighted by molar-refractivity contribution is -0.144. The van der Waals surface area contributed by atoms with Crippen molar-refractivity contribution in [1.29, 1.82) is 0 Å². The highest BCUT2D eigenvalue weighted by Gasteiger charge is 2.45. The molecule has 18 heavy (non-hydrogen) atoms. The number of ether oxygens (including phenoxy) is 1. The highest BCUT2D eigenvalue weighted by Crippen LogP contribution is 2.20. The summed E-state index contributed by atoms with van der Waals surface area (Å²) in [4.78, 5) is 24.5. The van der Waals surface area contributed by atoms with Crippen LogP contribution in [-0.4, -0.2) is 65.1 Å². The number of hydrogen-bond donors (Lipinski definition) is 3. The Morgan fingerprint density at radius 3 is 2.50 bits per heavy atom. The number of aliphatic hydroxyl groups is 1. The van der Waals surface area contributed by atoms with Gasteiger partial charge in [-0.3, -0.25) is 0 Å². The number of hydrogen-bond acceptors (Lipinski definition) is 4. The maximum atomic E-state index is 12.0. The zero-order valence-electron chi connectivity index (χ0n) is 10.9. The van der Waals surface area contributed by atoms with Crippen LogP contribution >= 0.6 is 0 Å². The summed E-state index contributed by atoms with van der Waals surface area (Å²) in [5.74, 6) is -1.11. The number of aliphatic carboxylic acids is 1. The van der Waals surface area contributed by atoms with E-state index in [-0.39, 0.29) is 19.6 Å². The van der Waals surface area contributed by atoms with Crippen molar-refractivity contribution in [3.8, 4) is 0 Å². The Hall–Kier alpha value is -1.34. The fourth-order valence-electron chi connectivity index (χ4n) is 1.56. The first-order chi connectivity index (χ1) is 8.25. The van der Waals surface area contributed by atoms with Crippen molar-refractivity contribution < 1.29 is 24.5 Å². The number of amides is 2. The third kappa shape index (κ3) is 2.73. The van der Waals surface area contributed by atoms with Gasteiger partial charge in [-0.15, -0.1) is 0 Å². The van der Waals surface area contributed by atoms with Crippen LogP contribution in [0.4, 0.5) is 4.79 Å². The molecule has 0 aliphatic carbocycles. The minimum atomic E-state index is -1.36. The number of urea groups is 1. The molecule has 3 N–H and O–H groups in total. The Morgan fingerprint density at radius 2 is 2.11 bits per heavy atom. The Morgan fingerprint density at radius 1 is 1.50 bits per heavy atom. The van der Waals surface area contributed by atoms with Gasteiger partial charge in [0.05, 0.1) is 18.8 Å². The molecule has 0 aromatic heterocycles. The number of carbonyl (C=O) groups excluding carboxylic acids is 1. The van der Waals surface area contributed by atoms with E-state index in [1.165, 1.54) is 11.9 Å².